The maximum Gasteiger partial charge on any atom is 0.254 e. The van der Waals surface area contributed by atoms with Gasteiger partial charge in [-0.15, -0.1) is 0 Å². The average molecular weight is 586 g/mol. The van der Waals surface area contributed by atoms with Crippen molar-refractivity contribution in [3.05, 3.63) is 101 Å². The highest BCUT2D eigenvalue weighted by Crippen LogP contribution is 2.23. The van der Waals surface area contributed by atoms with Crippen LogP contribution in [0.15, 0.2) is 71.6 Å². The maximum absolute atomic E-state index is 13.8. The molecule has 0 aromatic heterocycles. The van der Waals surface area contributed by atoms with Gasteiger partial charge in [0.2, 0.25) is 0 Å². The quantitative estimate of drug-likeness (QED) is 0.317. The summed E-state index contributed by atoms with van der Waals surface area (Å²) in [6.07, 6.45) is 0.877. The molecule has 0 saturated carbocycles. The van der Waals surface area contributed by atoms with Crippen LogP contribution in [0.1, 0.15) is 46.8 Å². The molecule has 1 amide bonds. The third-order valence-electron chi connectivity index (χ3n) is 7.46. The standard InChI is InChI=1S/C31H37F2N3O4S/c1-2-21-6-3-7-22(12-21)19-36(20-30(37)29(34)15-23-13-25(32)17-26(33)14-23)31(38)24-8-4-9-27(16-24)41(39,40)28-10-5-11-35-18-28/h3-4,6-9,12-14,16-17,28-30,35,37H,2,5,10-11,15,18-20,34H2,1H3/t28?,29-,30+/m0/s1. The molecular formula is C31H37F2N3O4S. The number of nitrogens with two attached hydrogens (primary N) is 1. The second-order valence-electron chi connectivity index (χ2n) is 10.6. The summed E-state index contributed by atoms with van der Waals surface area (Å²) in [4.78, 5) is 15.3. The first-order valence-corrected chi connectivity index (χ1v) is 15.4. The van der Waals surface area contributed by atoms with Gasteiger partial charge in [-0.1, -0.05) is 37.3 Å². The summed E-state index contributed by atoms with van der Waals surface area (Å²) in [5.74, 6) is -1.95. The van der Waals surface area contributed by atoms with Crippen molar-refractivity contribution in [2.24, 2.45) is 5.73 Å². The number of aryl methyl sites for hydroxylation is 1. The van der Waals surface area contributed by atoms with Gasteiger partial charge in [0, 0.05) is 37.3 Å². The normalized spacial score (nSPS) is 17.1. The number of nitrogens with zero attached hydrogens (tertiary/aromatic N) is 1. The molecule has 3 aromatic carbocycles. The molecule has 3 aromatic rings. The Morgan fingerprint density at radius 3 is 2.44 bits per heavy atom. The molecule has 1 heterocycles. The highest BCUT2D eigenvalue weighted by atomic mass is 32.2. The molecule has 0 radical (unpaired) electrons. The van der Waals surface area contributed by atoms with Crippen molar-refractivity contribution in [2.45, 2.75) is 61.4 Å². The zero-order valence-electron chi connectivity index (χ0n) is 23.1. The number of aliphatic hydroxyl groups excluding tert-OH is 1. The monoisotopic (exact) mass is 585 g/mol. The lowest BCUT2D eigenvalue weighted by Gasteiger charge is -2.29. The van der Waals surface area contributed by atoms with Crippen molar-refractivity contribution in [3.8, 4) is 0 Å². The van der Waals surface area contributed by atoms with Crippen LogP contribution in [0, 0.1) is 11.6 Å². The molecule has 1 saturated heterocycles. The van der Waals surface area contributed by atoms with Gasteiger partial charge in [0.1, 0.15) is 11.6 Å². The summed E-state index contributed by atoms with van der Waals surface area (Å²) in [7, 11) is -3.65. The van der Waals surface area contributed by atoms with Crippen molar-refractivity contribution in [1.29, 1.82) is 0 Å². The Morgan fingerprint density at radius 2 is 1.76 bits per heavy atom. The Morgan fingerprint density at radius 1 is 1.05 bits per heavy atom. The molecule has 0 spiro atoms. The van der Waals surface area contributed by atoms with Crippen LogP contribution in [0.3, 0.4) is 0 Å². The van der Waals surface area contributed by atoms with Crippen molar-refractivity contribution in [2.75, 3.05) is 19.6 Å². The molecular weight excluding hydrogens is 548 g/mol. The van der Waals surface area contributed by atoms with Gasteiger partial charge in [0.25, 0.3) is 5.91 Å². The van der Waals surface area contributed by atoms with Gasteiger partial charge in [-0.3, -0.25) is 4.79 Å². The second-order valence-corrected chi connectivity index (χ2v) is 12.8. The molecule has 0 bridgehead atoms. The van der Waals surface area contributed by atoms with Gasteiger partial charge in [0.05, 0.1) is 16.2 Å². The average Bonchev–Trinajstić information content (AvgIpc) is 2.96. The second kappa shape index (κ2) is 13.7. The van der Waals surface area contributed by atoms with Gasteiger partial charge >= 0.3 is 0 Å². The van der Waals surface area contributed by atoms with Crippen molar-refractivity contribution in [1.82, 2.24) is 10.2 Å². The van der Waals surface area contributed by atoms with E-state index in [2.05, 4.69) is 5.32 Å². The maximum atomic E-state index is 13.8. The Labute approximate surface area is 240 Å². The lowest BCUT2D eigenvalue weighted by atomic mass is 10.0. The number of benzene rings is 3. The number of amides is 1. The van der Waals surface area contributed by atoms with E-state index in [0.29, 0.717) is 13.0 Å². The highest BCUT2D eigenvalue weighted by Gasteiger charge is 2.30. The molecule has 41 heavy (non-hydrogen) atoms. The molecule has 1 unspecified atom stereocenters. The summed E-state index contributed by atoms with van der Waals surface area (Å²) in [5.41, 5.74) is 8.60. The number of rotatable bonds is 11. The summed E-state index contributed by atoms with van der Waals surface area (Å²) in [6, 6.07) is 15.9. The summed E-state index contributed by atoms with van der Waals surface area (Å²) in [5, 5.41) is 13.6. The SMILES string of the molecule is CCc1cccc(CN(C[C@@H](O)[C@@H](N)Cc2cc(F)cc(F)c2)C(=O)c2cccc(S(=O)(=O)C3CCCNC3)c2)c1. The van der Waals surface area contributed by atoms with Crippen LogP contribution in [-0.4, -0.2) is 61.4 Å². The number of sulfone groups is 1. The van der Waals surface area contributed by atoms with Gasteiger partial charge in [-0.25, -0.2) is 17.2 Å². The fraction of sp³-hybridized carbons (Fsp3) is 0.387. The third kappa shape index (κ3) is 7.97. The summed E-state index contributed by atoms with van der Waals surface area (Å²) < 4.78 is 54.0. The number of carbonyl (C=O) groups excluding carboxylic acids is 1. The summed E-state index contributed by atoms with van der Waals surface area (Å²) >= 11 is 0. The topological polar surface area (TPSA) is 113 Å². The number of halogens is 2. The van der Waals surface area contributed by atoms with Crippen LogP contribution < -0.4 is 11.1 Å². The van der Waals surface area contributed by atoms with Crippen LogP contribution in [0.2, 0.25) is 0 Å². The minimum absolute atomic E-state index is 0.00759. The predicted molar refractivity (Wildman–Crippen MR) is 154 cm³/mol. The molecule has 1 aliphatic rings. The zero-order chi connectivity index (χ0) is 29.6. The Balaban J connectivity index is 1.59. The van der Waals surface area contributed by atoms with E-state index in [1.165, 1.54) is 17.0 Å². The fourth-order valence-electron chi connectivity index (χ4n) is 5.15. The van der Waals surface area contributed by atoms with Gasteiger partial charge < -0.3 is 21.1 Å². The van der Waals surface area contributed by atoms with Crippen molar-refractivity contribution in [3.63, 3.8) is 0 Å². The van der Waals surface area contributed by atoms with Crippen molar-refractivity contribution < 1.29 is 27.1 Å². The van der Waals surface area contributed by atoms with E-state index in [4.69, 9.17) is 5.73 Å². The van der Waals surface area contributed by atoms with E-state index < -0.39 is 44.8 Å². The Hall–Kier alpha value is -3.18. The number of piperidine rings is 1. The first kappa shape index (κ1) is 30.8. The minimum Gasteiger partial charge on any atom is -0.390 e. The third-order valence-corrected chi connectivity index (χ3v) is 9.65. The van der Waals surface area contributed by atoms with Crippen LogP contribution in [0.4, 0.5) is 8.78 Å². The van der Waals surface area contributed by atoms with E-state index in [0.717, 1.165) is 48.7 Å². The number of aliphatic hydroxyl groups is 1. The number of hydrogen-bond donors (Lipinski definition) is 3. The molecule has 10 heteroatoms. The predicted octanol–water partition coefficient (Wildman–Crippen LogP) is 3.63. The van der Waals surface area contributed by atoms with Crippen LogP contribution >= 0.6 is 0 Å². The van der Waals surface area contributed by atoms with Crippen molar-refractivity contribution >= 4 is 15.7 Å². The zero-order valence-corrected chi connectivity index (χ0v) is 23.9. The van der Waals surface area contributed by atoms with E-state index >= 15 is 0 Å². The smallest absolute Gasteiger partial charge is 0.254 e. The van der Waals surface area contributed by atoms with Crippen LogP contribution in [0.5, 0.6) is 0 Å². The molecule has 4 N–H and O–H groups in total. The summed E-state index contributed by atoms with van der Waals surface area (Å²) in [6.45, 7) is 3.14. The van der Waals surface area contributed by atoms with E-state index in [-0.39, 0.29) is 35.5 Å². The first-order valence-electron chi connectivity index (χ1n) is 13.9. The highest BCUT2D eigenvalue weighted by molar-refractivity contribution is 7.92. The lowest BCUT2D eigenvalue weighted by molar-refractivity contribution is 0.0554. The molecule has 1 fully saturated rings. The number of hydrogen-bond acceptors (Lipinski definition) is 6. The van der Waals surface area contributed by atoms with Crippen LogP contribution in [0.25, 0.3) is 0 Å². The van der Waals surface area contributed by atoms with E-state index in [1.807, 2.05) is 31.2 Å². The number of nitrogens with one attached hydrogen (secondary N) is 1. The van der Waals surface area contributed by atoms with Crippen LogP contribution in [-0.2, 0) is 29.2 Å². The molecule has 3 atom stereocenters. The Kier molecular flexibility index (Phi) is 10.2. The Bertz CT molecular complexity index is 1440. The van der Waals surface area contributed by atoms with Gasteiger partial charge in [0.15, 0.2) is 9.84 Å². The molecule has 0 aliphatic carbocycles. The largest absolute Gasteiger partial charge is 0.390 e. The van der Waals surface area contributed by atoms with Gasteiger partial charge in [-0.2, -0.15) is 0 Å². The van der Waals surface area contributed by atoms with E-state index in [9.17, 15) is 27.1 Å². The van der Waals surface area contributed by atoms with Gasteiger partial charge in [-0.05, 0) is 79.3 Å². The fourth-order valence-corrected chi connectivity index (χ4v) is 6.91. The molecule has 1 aliphatic heterocycles. The molecule has 220 valence electrons. The number of carbonyl (C=O) groups is 1. The minimum atomic E-state index is -3.65. The molecule has 4 rings (SSSR count). The molecule has 7 nitrogen and oxygen atoms in total. The lowest BCUT2D eigenvalue weighted by Crippen LogP contribution is -2.46. The first-order chi connectivity index (χ1) is 19.6. The van der Waals surface area contributed by atoms with E-state index in [1.54, 1.807) is 12.1 Å².